The Labute approximate surface area is 103 Å². The van der Waals surface area contributed by atoms with Crippen LogP contribution in [0.4, 0.5) is 11.9 Å². The zero-order chi connectivity index (χ0) is 12.3. The number of hydrogen-bond acceptors (Lipinski definition) is 6. The lowest BCUT2D eigenvalue weighted by atomic mass is 10.4. The SMILES string of the molecule is Nc1nc(Cl)nc(NCCNC(=O)C2CC2)n1. The maximum absolute atomic E-state index is 11.3. The predicted octanol–water partition coefficient (Wildman–Crippen LogP) is 0.0453. The van der Waals surface area contributed by atoms with E-state index in [2.05, 4.69) is 25.6 Å². The van der Waals surface area contributed by atoms with Crippen LogP contribution in [0.3, 0.4) is 0 Å². The van der Waals surface area contributed by atoms with E-state index in [1.165, 1.54) is 0 Å². The summed E-state index contributed by atoms with van der Waals surface area (Å²) in [5, 5.41) is 5.75. The molecule has 1 amide bonds. The Kier molecular flexibility index (Phi) is 3.58. The summed E-state index contributed by atoms with van der Waals surface area (Å²) in [7, 11) is 0. The van der Waals surface area contributed by atoms with Crippen LogP contribution in [0.15, 0.2) is 0 Å². The summed E-state index contributed by atoms with van der Waals surface area (Å²) in [4.78, 5) is 22.6. The van der Waals surface area contributed by atoms with Crippen LogP contribution in [0, 0.1) is 5.92 Å². The average Bonchev–Trinajstić information content (AvgIpc) is 3.06. The summed E-state index contributed by atoms with van der Waals surface area (Å²) >= 11 is 5.61. The minimum absolute atomic E-state index is 0.0435. The molecular formula is C9H13ClN6O. The van der Waals surface area contributed by atoms with Crippen molar-refractivity contribution in [1.29, 1.82) is 0 Å². The highest BCUT2D eigenvalue weighted by Crippen LogP contribution is 2.28. The first-order valence-electron chi connectivity index (χ1n) is 5.34. The van der Waals surface area contributed by atoms with E-state index in [4.69, 9.17) is 17.3 Å². The van der Waals surface area contributed by atoms with Crippen LogP contribution in [-0.2, 0) is 4.79 Å². The number of hydrogen-bond donors (Lipinski definition) is 3. The lowest BCUT2D eigenvalue weighted by Gasteiger charge is -2.06. The monoisotopic (exact) mass is 256 g/mol. The van der Waals surface area contributed by atoms with Crippen LogP contribution in [0.5, 0.6) is 0 Å². The Hall–Kier alpha value is -1.63. The molecule has 1 aliphatic rings. The number of nitrogens with zero attached hydrogens (tertiary/aromatic N) is 3. The van der Waals surface area contributed by atoms with Crippen molar-refractivity contribution < 1.29 is 4.79 Å². The third kappa shape index (κ3) is 3.70. The normalized spacial score (nSPS) is 14.4. The van der Waals surface area contributed by atoms with Crippen LogP contribution in [-0.4, -0.2) is 33.9 Å². The van der Waals surface area contributed by atoms with Gasteiger partial charge in [0, 0.05) is 19.0 Å². The van der Waals surface area contributed by atoms with Crippen molar-refractivity contribution >= 4 is 29.4 Å². The Morgan fingerprint density at radius 3 is 2.76 bits per heavy atom. The Bertz CT molecular complexity index is 402. The van der Waals surface area contributed by atoms with E-state index in [1.54, 1.807) is 0 Å². The molecule has 0 unspecified atom stereocenters. The molecule has 1 aromatic heterocycles. The molecule has 1 saturated carbocycles. The van der Waals surface area contributed by atoms with Crippen molar-refractivity contribution in [2.24, 2.45) is 5.92 Å². The first-order valence-corrected chi connectivity index (χ1v) is 5.71. The minimum atomic E-state index is 0.0435. The fourth-order valence-electron chi connectivity index (χ4n) is 1.29. The van der Waals surface area contributed by atoms with E-state index in [1.807, 2.05) is 0 Å². The van der Waals surface area contributed by atoms with Gasteiger partial charge in [0.1, 0.15) is 0 Å². The van der Waals surface area contributed by atoms with Crippen LogP contribution in [0.2, 0.25) is 5.28 Å². The van der Waals surface area contributed by atoms with Gasteiger partial charge in [-0.2, -0.15) is 15.0 Å². The minimum Gasteiger partial charge on any atom is -0.368 e. The van der Waals surface area contributed by atoms with Crippen LogP contribution in [0.25, 0.3) is 0 Å². The molecule has 1 aromatic rings. The fourth-order valence-corrected chi connectivity index (χ4v) is 1.46. The predicted molar refractivity (Wildman–Crippen MR) is 63.5 cm³/mol. The van der Waals surface area contributed by atoms with E-state index >= 15 is 0 Å². The molecule has 1 fully saturated rings. The van der Waals surface area contributed by atoms with Gasteiger partial charge in [0.05, 0.1) is 0 Å². The van der Waals surface area contributed by atoms with Crippen LogP contribution >= 0.6 is 11.6 Å². The molecule has 8 heteroatoms. The van der Waals surface area contributed by atoms with Crippen molar-refractivity contribution in [2.45, 2.75) is 12.8 Å². The van der Waals surface area contributed by atoms with Crippen LogP contribution in [0.1, 0.15) is 12.8 Å². The number of nitrogens with two attached hydrogens (primary N) is 1. The molecule has 2 rings (SSSR count). The maximum atomic E-state index is 11.3. The molecule has 0 aliphatic heterocycles. The number of anilines is 2. The lowest BCUT2D eigenvalue weighted by molar-refractivity contribution is -0.122. The first-order chi connectivity index (χ1) is 8.15. The molecule has 17 heavy (non-hydrogen) atoms. The highest BCUT2D eigenvalue weighted by molar-refractivity contribution is 6.28. The van der Waals surface area contributed by atoms with Gasteiger partial charge in [-0.1, -0.05) is 0 Å². The van der Waals surface area contributed by atoms with Gasteiger partial charge in [0.2, 0.25) is 23.1 Å². The first kappa shape index (κ1) is 11.8. The topological polar surface area (TPSA) is 106 Å². The standard InChI is InChI=1S/C9H13ClN6O/c10-7-14-8(11)16-9(15-7)13-4-3-12-6(17)5-1-2-5/h5H,1-4H2,(H,12,17)(H3,11,13,14,15,16). The number of amides is 1. The zero-order valence-electron chi connectivity index (χ0n) is 9.11. The second-order valence-electron chi connectivity index (χ2n) is 3.78. The Morgan fingerprint density at radius 2 is 2.12 bits per heavy atom. The van der Waals surface area contributed by atoms with Crippen molar-refractivity contribution in [3.63, 3.8) is 0 Å². The molecular weight excluding hydrogens is 244 g/mol. The summed E-state index contributed by atoms with van der Waals surface area (Å²) in [6, 6.07) is 0. The van der Waals surface area contributed by atoms with Gasteiger partial charge in [0.15, 0.2) is 0 Å². The number of carbonyl (C=O) groups excluding carboxylic acids is 1. The highest BCUT2D eigenvalue weighted by Gasteiger charge is 2.28. The van der Waals surface area contributed by atoms with Gasteiger partial charge in [-0.25, -0.2) is 0 Å². The fraction of sp³-hybridized carbons (Fsp3) is 0.556. The summed E-state index contributed by atoms with van der Waals surface area (Å²) < 4.78 is 0. The summed E-state index contributed by atoms with van der Waals surface area (Å²) in [5.41, 5.74) is 5.40. The molecule has 0 bridgehead atoms. The Balaban J connectivity index is 1.71. The zero-order valence-corrected chi connectivity index (χ0v) is 9.87. The quantitative estimate of drug-likeness (QED) is 0.643. The van der Waals surface area contributed by atoms with Crippen molar-refractivity contribution in [1.82, 2.24) is 20.3 Å². The number of nitrogen functional groups attached to an aromatic ring is 1. The van der Waals surface area contributed by atoms with E-state index in [0.29, 0.717) is 19.0 Å². The van der Waals surface area contributed by atoms with Gasteiger partial charge in [-0.15, -0.1) is 0 Å². The molecule has 92 valence electrons. The van der Waals surface area contributed by atoms with E-state index in [-0.39, 0.29) is 23.1 Å². The third-order valence-corrected chi connectivity index (χ3v) is 2.45. The van der Waals surface area contributed by atoms with Gasteiger partial charge < -0.3 is 16.4 Å². The van der Waals surface area contributed by atoms with E-state index in [0.717, 1.165) is 12.8 Å². The second-order valence-corrected chi connectivity index (χ2v) is 4.12. The van der Waals surface area contributed by atoms with Crippen molar-refractivity contribution in [3.8, 4) is 0 Å². The summed E-state index contributed by atoms with van der Waals surface area (Å²) in [6.45, 7) is 1.02. The molecule has 7 nitrogen and oxygen atoms in total. The largest absolute Gasteiger partial charge is 0.368 e. The molecule has 1 heterocycles. The lowest BCUT2D eigenvalue weighted by Crippen LogP contribution is -2.30. The number of nitrogens with one attached hydrogen (secondary N) is 2. The number of rotatable bonds is 5. The van der Waals surface area contributed by atoms with E-state index in [9.17, 15) is 4.79 Å². The molecule has 0 aromatic carbocycles. The molecule has 0 saturated heterocycles. The highest BCUT2D eigenvalue weighted by atomic mass is 35.5. The number of halogens is 1. The summed E-state index contributed by atoms with van der Waals surface area (Å²) in [5.74, 6) is 0.704. The second kappa shape index (κ2) is 5.13. The maximum Gasteiger partial charge on any atom is 0.228 e. The van der Waals surface area contributed by atoms with Crippen LogP contribution < -0.4 is 16.4 Å². The van der Waals surface area contributed by atoms with Gasteiger partial charge in [-0.3, -0.25) is 4.79 Å². The average molecular weight is 257 g/mol. The van der Waals surface area contributed by atoms with E-state index < -0.39 is 0 Å². The molecule has 1 aliphatic carbocycles. The number of carbonyl (C=O) groups is 1. The Morgan fingerprint density at radius 1 is 1.35 bits per heavy atom. The van der Waals surface area contributed by atoms with Gasteiger partial charge in [-0.05, 0) is 24.4 Å². The van der Waals surface area contributed by atoms with Crippen molar-refractivity contribution in [2.75, 3.05) is 24.1 Å². The molecule has 0 radical (unpaired) electrons. The summed E-state index contributed by atoms with van der Waals surface area (Å²) in [6.07, 6.45) is 2.00. The van der Waals surface area contributed by atoms with Gasteiger partial charge >= 0.3 is 0 Å². The molecule has 0 spiro atoms. The molecule has 0 atom stereocenters. The third-order valence-electron chi connectivity index (χ3n) is 2.28. The van der Waals surface area contributed by atoms with Crippen molar-refractivity contribution in [3.05, 3.63) is 5.28 Å². The molecule has 4 N–H and O–H groups in total. The smallest absolute Gasteiger partial charge is 0.228 e. The number of aromatic nitrogens is 3. The van der Waals surface area contributed by atoms with Gasteiger partial charge in [0.25, 0.3) is 0 Å².